The lowest BCUT2D eigenvalue weighted by Gasteiger charge is -2.35. The second kappa shape index (κ2) is 8.48. The molecule has 1 heterocycles. The highest BCUT2D eigenvalue weighted by Crippen LogP contribution is 2.18. The Bertz CT molecular complexity index is 243. The lowest BCUT2D eigenvalue weighted by Crippen LogP contribution is -2.47. The van der Waals surface area contributed by atoms with Crippen LogP contribution in [0, 0.1) is 0 Å². The van der Waals surface area contributed by atoms with E-state index >= 15 is 0 Å². The van der Waals surface area contributed by atoms with Gasteiger partial charge in [-0.1, -0.05) is 19.8 Å². The minimum atomic E-state index is 0.167. The number of carbonyl (C=O) groups is 1. The summed E-state index contributed by atoms with van der Waals surface area (Å²) in [7, 11) is 0. The van der Waals surface area contributed by atoms with Crippen LogP contribution >= 0.6 is 0 Å². The first-order chi connectivity index (χ1) is 8.67. The molecule has 0 radical (unpaired) electrons. The van der Waals surface area contributed by atoms with Crippen molar-refractivity contribution in [2.24, 2.45) is 5.73 Å². The molecule has 106 valence electrons. The van der Waals surface area contributed by atoms with Gasteiger partial charge in [0, 0.05) is 12.1 Å². The molecule has 0 saturated carbocycles. The van der Waals surface area contributed by atoms with Crippen LogP contribution in [0.5, 0.6) is 0 Å². The molecule has 18 heavy (non-hydrogen) atoms. The Morgan fingerprint density at radius 1 is 1.50 bits per heavy atom. The third kappa shape index (κ3) is 5.36. The molecular weight excluding hydrogens is 226 g/mol. The Hall–Kier alpha value is -0.610. The Kier molecular flexibility index (Phi) is 7.28. The van der Waals surface area contributed by atoms with Gasteiger partial charge in [-0.15, -0.1) is 0 Å². The minimum Gasteiger partial charge on any atom is -0.353 e. The summed E-state index contributed by atoms with van der Waals surface area (Å²) in [5.41, 5.74) is 5.65. The minimum absolute atomic E-state index is 0.167. The molecule has 2 atom stereocenters. The standard InChI is InChI=1S/C14H29N3O/c1-3-6-12(2)16-14(18)11-17-10-5-4-7-13(17)8-9-15/h12-13H,3-11,15H2,1-2H3,(H,16,18). The molecule has 1 saturated heterocycles. The molecule has 0 aromatic carbocycles. The molecule has 1 aliphatic rings. The first-order valence-corrected chi connectivity index (χ1v) is 7.40. The van der Waals surface area contributed by atoms with Crippen molar-refractivity contribution in [3.05, 3.63) is 0 Å². The second-order valence-electron chi connectivity index (χ2n) is 5.45. The number of nitrogens with one attached hydrogen (secondary N) is 1. The summed E-state index contributed by atoms with van der Waals surface area (Å²) in [5, 5.41) is 3.08. The number of nitrogens with zero attached hydrogens (tertiary/aromatic N) is 1. The van der Waals surface area contributed by atoms with Crippen molar-refractivity contribution in [3.8, 4) is 0 Å². The monoisotopic (exact) mass is 255 g/mol. The molecule has 1 aliphatic heterocycles. The number of amides is 1. The van der Waals surface area contributed by atoms with E-state index in [9.17, 15) is 4.79 Å². The zero-order valence-corrected chi connectivity index (χ0v) is 12.0. The Morgan fingerprint density at radius 3 is 2.94 bits per heavy atom. The number of hydrogen-bond donors (Lipinski definition) is 2. The van der Waals surface area contributed by atoms with Crippen molar-refractivity contribution >= 4 is 5.91 Å². The maximum atomic E-state index is 12.0. The van der Waals surface area contributed by atoms with Crippen LogP contribution < -0.4 is 11.1 Å². The van der Waals surface area contributed by atoms with E-state index in [-0.39, 0.29) is 5.91 Å². The van der Waals surface area contributed by atoms with Crippen molar-refractivity contribution in [2.45, 2.75) is 64.5 Å². The Labute approximate surface area is 111 Å². The van der Waals surface area contributed by atoms with Crippen LogP contribution in [0.3, 0.4) is 0 Å². The zero-order chi connectivity index (χ0) is 13.4. The fourth-order valence-corrected chi connectivity index (χ4v) is 2.80. The van der Waals surface area contributed by atoms with Crippen LogP contribution in [-0.4, -0.2) is 42.5 Å². The first-order valence-electron chi connectivity index (χ1n) is 7.40. The maximum absolute atomic E-state index is 12.0. The molecule has 1 amide bonds. The average Bonchev–Trinajstić information content (AvgIpc) is 2.32. The van der Waals surface area contributed by atoms with E-state index in [1.54, 1.807) is 0 Å². The van der Waals surface area contributed by atoms with E-state index < -0.39 is 0 Å². The summed E-state index contributed by atoms with van der Waals surface area (Å²) in [6.07, 6.45) is 6.85. The van der Waals surface area contributed by atoms with Crippen molar-refractivity contribution in [1.29, 1.82) is 0 Å². The smallest absolute Gasteiger partial charge is 0.234 e. The van der Waals surface area contributed by atoms with Gasteiger partial charge in [0.1, 0.15) is 0 Å². The SMILES string of the molecule is CCCC(C)NC(=O)CN1CCCCC1CCN. The molecule has 0 aliphatic carbocycles. The van der Waals surface area contributed by atoms with E-state index in [2.05, 4.69) is 24.1 Å². The van der Waals surface area contributed by atoms with Gasteiger partial charge in [-0.3, -0.25) is 9.69 Å². The van der Waals surface area contributed by atoms with E-state index in [1.807, 2.05) is 0 Å². The van der Waals surface area contributed by atoms with Crippen LogP contribution in [0.1, 0.15) is 52.4 Å². The number of rotatable bonds is 7. The van der Waals surface area contributed by atoms with Crippen LogP contribution in [0.4, 0.5) is 0 Å². The fraction of sp³-hybridized carbons (Fsp3) is 0.929. The first kappa shape index (κ1) is 15.4. The topological polar surface area (TPSA) is 58.4 Å². The van der Waals surface area contributed by atoms with Crippen molar-refractivity contribution in [2.75, 3.05) is 19.6 Å². The predicted octanol–water partition coefficient (Wildman–Crippen LogP) is 1.49. The van der Waals surface area contributed by atoms with Crippen LogP contribution in [0.25, 0.3) is 0 Å². The van der Waals surface area contributed by atoms with Crippen LogP contribution in [0.15, 0.2) is 0 Å². The molecule has 0 aromatic heterocycles. The van der Waals surface area contributed by atoms with Crippen molar-refractivity contribution in [3.63, 3.8) is 0 Å². The summed E-state index contributed by atoms with van der Waals surface area (Å²) in [5.74, 6) is 0.167. The van der Waals surface area contributed by atoms with Gasteiger partial charge in [-0.2, -0.15) is 0 Å². The highest BCUT2D eigenvalue weighted by atomic mass is 16.2. The molecule has 1 rings (SSSR count). The molecule has 4 heteroatoms. The quantitative estimate of drug-likeness (QED) is 0.725. The van der Waals surface area contributed by atoms with Gasteiger partial charge in [-0.05, 0) is 45.7 Å². The number of piperidine rings is 1. The highest BCUT2D eigenvalue weighted by molar-refractivity contribution is 5.78. The third-order valence-corrected chi connectivity index (χ3v) is 3.72. The van der Waals surface area contributed by atoms with Gasteiger partial charge in [0.15, 0.2) is 0 Å². The second-order valence-corrected chi connectivity index (χ2v) is 5.45. The van der Waals surface area contributed by atoms with E-state index in [0.717, 1.165) is 32.4 Å². The summed E-state index contributed by atoms with van der Waals surface area (Å²) in [6, 6.07) is 0.802. The van der Waals surface area contributed by atoms with Gasteiger partial charge in [-0.25, -0.2) is 0 Å². The molecule has 3 N–H and O–H groups in total. The zero-order valence-electron chi connectivity index (χ0n) is 12.0. The number of hydrogen-bond acceptors (Lipinski definition) is 3. The largest absolute Gasteiger partial charge is 0.353 e. The highest BCUT2D eigenvalue weighted by Gasteiger charge is 2.23. The van der Waals surface area contributed by atoms with Gasteiger partial charge < -0.3 is 11.1 Å². The number of nitrogens with two attached hydrogens (primary N) is 1. The Balaban J connectivity index is 2.36. The number of carbonyl (C=O) groups excluding carboxylic acids is 1. The predicted molar refractivity (Wildman–Crippen MR) is 75.4 cm³/mol. The summed E-state index contributed by atoms with van der Waals surface area (Å²) in [6.45, 7) is 6.52. The molecule has 0 spiro atoms. The fourth-order valence-electron chi connectivity index (χ4n) is 2.80. The molecular formula is C14H29N3O. The van der Waals surface area contributed by atoms with Gasteiger partial charge in [0.25, 0.3) is 0 Å². The number of likely N-dealkylation sites (tertiary alicyclic amines) is 1. The van der Waals surface area contributed by atoms with Gasteiger partial charge >= 0.3 is 0 Å². The van der Waals surface area contributed by atoms with E-state index in [4.69, 9.17) is 5.73 Å². The molecule has 0 bridgehead atoms. The van der Waals surface area contributed by atoms with Gasteiger partial charge in [0.05, 0.1) is 6.54 Å². The molecule has 4 nitrogen and oxygen atoms in total. The summed E-state index contributed by atoms with van der Waals surface area (Å²) in [4.78, 5) is 14.3. The van der Waals surface area contributed by atoms with E-state index in [0.29, 0.717) is 18.6 Å². The summed E-state index contributed by atoms with van der Waals surface area (Å²) < 4.78 is 0. The lowest BCUT2D eigenvalue weighted by molar-refractivity contribution is -0.123. The lowest BCUT2D eigenvalue weighted by atomic mass is 9.99. The van der Waals surface area contributed by atoms with Crippen LogP contribution in [-0.2, 0) is 4.79 Å². The maximum Gasteiger partial charge on any atom is 0.234 e. The average molecular weight is 255 g/mol. The van der Waals surface area contributed by atoms with E-state index in [1.165, 1.54) is 19.3 Å². The van der Waals surface area contributed by atoms with Gasteiger partial charge in [0.2, 0.25) is 5.91 Å². The molecule has 1 fully saturated rings. The van der Waals surface area contributed by atoms with Crippen LogP contribution in [0.2, 0.25) is 0 Å². The van der Waals surface area contributed by atoms with Crippen molar-refractivity contribution < 1.29 is 4.79 Å². The molecule has 0 aromatic rings. The third-order valence-electron chi connectivity index (χ3n) is 3.72. The normalized spacial score (nSPS) is 22.7. The molecule has 2 unspecified atom stereocenters. The summed E-state index contributed by atoms with van der Waals surface area (Å²) >= 11 is 0. The Morgan fingerprint density at radius 2 is 2.28 bits per heavy atom. The van der Waals surface area contributed by atoms with Crippen molar-refractivity contribution in [1.82, 2.24) is 10.2 Å².